The molecule has 2 unspecified atom stereocenters. The standard InChI is InChI=1S/C13H21N5O2/c1-7(2)12(20)15-10-5-9(4)17-18(10)13-14-8(3)6-11(19)16-13/h5,7-8,13-14H,6H2,1-4H3,(H,15,20)(H,16,19). The van der Waals surface area contributed by atoms with Gasteiger partial charge in [0.1, 0.15) is 5.82 Å². The van der Waals surface area contributed by atoms with Crippen LogP contribution in [0.3, 0.4) is 0 Å². The maximum absolute atomic E-state index is 11.8. The minimum Gasteiger partial charge on any atom is -0.322 e. The summed E-state index contributed by atoms with van der Waals surface area (Å²) in [6, 6.07) is 1.85. The number of amides is 2. The average molecular weight is 279 g/mol. The molecular weight excluding hydrogens is 258 g/mol. The van der Waals surface area contributed by atoms with Gasteiger partial charge in [-0.2, -0.15) is 5.10 Å². The highest BCUT2D eigenvalue weighted by Crippen LogP contribution is 2.17. The normalized spacial score (nSPS) is 22.8. The number of carbonyl (C=O) groups is 2. The Labute approximate surface area is 118 Å². The van der Waals surface area contributed by atoms with Crippen LogP contribution in [0.4, 0.5) is 5.82 Å². The first-order valence-corrected chi connectivity index (χ1v) is 6.79. The van der Waals surface area contributed by atoms with Gasteiger partial charge in [-0.15, -0.1) is 0 Å². The van der Waals surface area contributed by atoms with Crippen molar-refractivity contribution in [3.63, 3.8) is 0 Å². The van der Waals surface area contributed by atoms with Gasteiger partial charge >= 0.3 is 0 Å². The van der Waals surface area contributed by atoms with Gasteiger partial charge < -0.3 is 10.6 Å². The average Bonchev–Trinajstić information content (AvgIpc) is 2.68. The third kappa shape index (κ3) is 3.16. The molecule has 0 radical (unpaired) electrons. The Morgan fingerprint density at radius 3 is 2.85 bits per heavy atom. The van der Waals surface area contributed by atoms with Crippen LogP contribution in [0, 0.1) is 12.8 Å². The Bertz CT molecular complexity index is 523. The SMILES string of the molecule is Cc1cc(NC(=O)C(C)C)n(C2NC(=O)CC(C)N2)n1. The van der Waals surface area contributed by atoms with Gasteiger partial charge in [-0.25, -0.2) is 4.68 Å². The van der Waals surface area contributed by atoms with E-state index in [1.807, 2.05) is 27.7 Å². The molecule has 1 aromatic heterocycles. The molecule has 0 aromatic carbocycles. The zero-order valence-electron chi connectivity index (χ0n) is 12.2. The van der Waals surface area contributed by atoms with Crippen LogP contribution < -0.4 is 16.0 Å². The van der Waals surface area contributed by atoms with Crippen LogP contribution in [0.15, 0.2) is 6.07 Å². The number of hydrogen-bond acceptors (Lipinski definition) is 4. The zero-order valence-corrected chi connectivity index (χ0v) is 12.2. The Morgan fingerprint density at radius 1 is 1.55 bits per heavy atom. The van der Waals surface area contributed by atoms with Crippen LogP contribution >= 0.6 is 0 Å². The van der Waals surface area contributed by atoms with E-state index in [1.54, 1.807) is 10.7 Å². The predicted octanol–water partition coefficient (Wildman–Crippen LogP) is 0.740. The summed E-state index contributed by atoms with van der Waals surface area (Å²) >= 11 is 0. The number of nitrogens with one attached hydrogen (secondary N) is 3. The summed E-state index contributed by atoms with van der Waals surface area (Å²) in [5.74, 6) is 0.344. The van der Waals surface area contributed by atoms with Gasteiger partial charge in [-0.1, -0.05) is 13.8 Å². The van der Waals surface area contributed by atoms with E-state index in [1.165, 1.54) is 0 Å². The Morgan fingerprint density at radius 2 is 2.25 bits per heavy atom. The van der Waals surface area contributed by atoms with E-state index in [4.69, 9.17) is 0 Å². The first-order chi connectivity index (χ1) is 9.36. The summed E-state index contributed by atoms with van der Waals surface area (Å²) < 4.78 is 1.60. The molecule has 20 heavy (non-hydrogen) atoms. The van der Waals surface area contributed by atoms with Crippen molar-refractivity contribution in [2.45, 2.75) is 46.4 Å². The van der Waals surface area contributed by atoms with Gasteiger partial charge in [0.15, 0.2) is 6.29 Å². The van der Waals surface area contributed by atoms with Gasteiger partial charge in [0, 0.05) is 24.4 Å². The van der Waals surface area contributed by atoms with Gasteiger partial charge in [-0.05, 0) is 13.8 Å². The molecule has 3 N–H and O–H groups in total. The highest BCUT2D eigenvalue weighted by molar-refractivity contribution is 5.91. The third-order valence-corrected chi connectivity index (χ3v) is 3.11. The summed E-state index contributed by atoms with van der Waals surface area (Å²) in [6.07, 6.45) is -0.00725. The minimum atomic E-state index is -0.442. The largest absolute Gasteiger partial charge is 0.322 e. The summed E-state index contributed by atoms with van der Waals surface area (Å²) in [6.45, 7) is 7.43. The summed E-state index contributed by atoms with van der Waals surface area (Å²) in [5.41, 5.74) is 0.776. The van der Waals surface area contributed by atoms with E-state index in [2.05, 4.69) is 21.0 Å². The van der Waals surface area contributed by atoms with Gasteiger partial charge in [0.05, 0.1) is 5.69 Å². The maximum atomic E-state index is 11.8. The molecule has 1 saturated heterocycles. The second-order valence-electron chi connectivity index (χ2n) is 5.50. The third-order valence-electron chi connectivity index (χ3n) is 3.11. The Kier molecular flexibility index (Phi) is 4.08. The van der Waals surface area contributed by atoms with E-state index >= 15 is 0 Å². The number of anilines is 1. The lowest BCUT2D eigenvalue weighted by Gasteiger charge is -2.30. The number of hydrogen-bond donors (Lipinski definition) is 3. The molecule has 1 aromatic rings. The highest BCUT2D eigenvalue weighted by Gasteiger charge is 2.26. The quantitative estimate of drug-likeness (QED) is 0.761. The van der Waals surface area contributed by atoms with Crippen molar-refractivity contribution in [2.75, 3.05) is 5.32 Å². The molecule has 2 amide bonds. The van der Waals surface area contributed by atoms with Crippen molar-refractivity contribution in [3.05, 3.63) is 11.8 Å². The molecule has 1 aliphatic rings. The number of nitrogens with zero attached hydrogens (tertiary/aromatic N) is 2. The van der Waals surface area contributed by atoms with Crippen LogP contribution in [0.1, 0.15) is 39.2 Å². The Hall–Kier alpha value is -1.89. The lowest BCUT2D eigenvalue weighted by atomic mass is 10.2. The number of rotatable bonds is 3. The van der Waals surface area contributed by atoms with Gasteiger partial charge in [0.2, 0.25) is 11.8 Å². The lowest BCUT2D eigenvalue weighted by molar-refractivity contribution is -0.125. The fourth-order valence-corrected chi connectivity index (χ4v) is 2.07. The van der Waals surface area contributed by atoms with E-state index in [-0.39, 0.29) is 23.8 Å². The molecule has 7 heteroatoms. The highest BCUT2D eigenvalue weighted by atomic mass is 16.2. The number of carbonyl (C=O) groups excluding carboxylic acids is 2. The van der Waals surface area contributed by atoms with Crippen LogP contribution in [-0.4, -0.2) is 27.6 Å². The van der Waals surface area contributed by atoms with Crippen molar-refractivity contribution in [1.29, 1.82) is 0 Å². The van der Waals surface area contributed by atoms with Crippen LogP contribution in [0.2, 0.25) is 0 Å². The van der Waals surface area contributed by atoms with Crippen molar-refractivity contribution >= 4 is 17.6 Å². The van der Waals surface area contributed by atoms with E-state index < -0.39 is 6.29 Å². The predicted molar refractivity (Wildman–Crippen MR) is 74.8 cm³/mol. The monoisotopic (exact) mass is 279 g/mol. The fraction of sp³-hybridized carbons (Fsp3) is 0.615. The molecule has 0 saturated carbocycles. The van der Waals surface area contributed by atoms with E-state index in [0.29, 0.717) is 12.2 Å². The van der Waals surface area contributed by atoms with Crippen molar-refractivity contribution in [1.82, 2.24) is 20.4 Å². The molecule has 2 rings (SSSR count). The maximum Gasteiger partial charge on any atom is 0.228 e. The fourth-order valence-electron chi connectivity index (χ4n) is 2.07. The van der Waals surface area contributed by atoms with E-state index in [0.717, 1.165) is 5.69 Å². The molecule has 0 bridgehead atoms. The molecule has 0 spiro atoms. The first-order valence-electron chi connectivity index (χ1n) is 6.79. The zero-order chi connectivity index (χ0) is 14.9. The molecule has 2 heterocycles. The second-order valence-corrected chi connectivity index (χ2v) is 5.50. The summed E-state index contributed by atoms with van der Waals surface area (Å²) in [4.78, 5) is 23.5. The van der Waals surface area contributed by atoms with Gasteiger partial charge in [0.25, 0.3) is 0 Å². The molecular formula is C13H21N5O2. The van der Waals surface area contributed by atoms with Crippen molar-refractivity contribution in [2.24, 2.45) is 5.92 Å². The van der Waals surface area contributed by atoms with Crippen LogP contribution in [0.25, 0.3) is 0 Å². The number of aromatic nitrogens is 2. The first kappa shape index (κ1) is 14.5. The van der Waals surface area contributed by atoms with Crippen LogP contribution in [0.5, 0.6) is 0 Å². The van der Waals surface area contributed by atoms with Crippen LogP contribution in [-0.2, 0) is 9.59 Å². The minimum absolute atomic E-state index is 0.0319. The van der Waals surface area contributed by atoms with E-state index in [9.17, 15) is 9.59 Å². The van der Waals surface area contributed by atoms with Crippen molar-refractivity contribution < 1.29 is 9.59 Å². The smallest absolute Gasteiger partial charge is 0.228 e. The molecule has 1 fully saturated rings. The second kappa shape index (κ2) is 5.62. The molecule has 110 valence electrons. The topological polar surface area (TPSA) is 88.0 Å². The number of aryl methyl sites for hydroxylation is 1. The molecule has 0 aliphatic carbocycles. The summed E-state index contributed by atoms with van der Waals surface area (Å²) in [5, 5.41) is 13.2. The molecule has 2 atom stereocenters. The molecule has 7 nitrogen and oxygen atoms in total. The van der Waals surface area contributed by atoms with Gasteiger partial charge in [-0.3, -0.25) is 14.9 Å². The lowest BCUT2D eigenvalue weighted by Crippen LogP contribution is -2.52. The van der Waals surface area contributed by atoms with Crippen molar-refractivity contribution in [3.8, 4) is 0 Å². The molecule has 1 aliphatic heterocycles. The summed E-state index contributed by atoms with van der Waals surface area (Å²) in [7, 11) is 0. The Balaban J connectivity index is 2.23.